The van der Waals surface area contributed by atoms with Gasteiger partial charge in [0, 0.05) is 25.7 Å². The van der Waals surface area contributed by atoms with Crippen LogP contribution in [0.25, 0.3) is 10.9 Å². The normalized spacial score (nSPS) is 21.2. The Morgan fingerprint density at radius 2 is 2.17 bits per heavy atom. The Morgan fingerprint density at radius 3 is 3.00 bits per heavy atom. The van der Waals surface area contributed by atoms with Crippen LogP contribution in [-0.4, -0.2) is 53.0 Å². The van der Waals surface area contributed by atoms with Crippen LogP contribution in [0, 0.1) is 5.82 Å². The number of anilines is 1. The maximum absolute atomic E-state index is 14.2. The highest BCUT2D eigenvalue weighted by Gasteiger charge is 2.31. The predicted octanol–water partition coefficient (Wildman–Crippen LogP) is 1.08. The highest BCUT2D eigenvalue weighted by atomic mass is 19.1. The van der Waals surface area contributed by atoms with Gasteiger partial charge in [-0.25, -0.2) is 14.4 Å². The van der Waals surface area contributed by atoms with Crippen LogP contribution in [0.15, 0.2) is 18.2 Å². The summed E-state index contributed by atoms with van der Waals surface area (Å²) in [7, 11) is 0. The van der Waals surface area contributed by atoms with Crippen LogP contribution in [-0.2, 0) is 11.2 Å². The number of benzene rings is 1. The van der Waals surface area contributed by atoms with E-state index in [1.165, 1.54) is 18.9 Å². The Bertz CT molecular complexity index is 796. The number of hydrogen-bond donors (Lipinski definition) is 1. The fraction of sp³-hybridized carbons (Fsp3) is 0.471. The van der Waals surface area contributed by atoms with Gasteiger partial charge in [0.1, 0.15) is 5.82 Å². The van der Waals surface area contributed by atoms with E-state index in [4.69, 9.17) is 5.73 Å². The summed E-state index contributed by atoms with van der Waals surface area (Å²) in [5.74, 6) is -0.378. The molecule has 1 amide bonds. The molecule has 0 radical (unpaired) electrons. The summed E-state index contributed by atoms with van der Waals surface area (Å²) >= 11 is 0. The molecule has 6 nitrogen and oxygen atoms in total. The van der Waals surface area contributed by atoms with Crippen LogP contribution in [0.5, 0.6) is 0 Å². The van der Waals surface area contributed by atoms with E-state index >= 15 is 0 Å². The molecule has 7 heteroatoms. The van der Waals surface area contributed by atoms with Crippen LogP contribution in [0.3, 0.4) is 0 Å². The second-order valence-electron chi connectivity index (χ2n) is 6.53. The van der Waals surface area contributed by atoms with Crippen LogP contribution in [0.4, 0.5) is 10.3 Å². The Labute approximate surface area is 139 Å². The van der Waals surface area contributed by atoms with E-state index in [1.54, 1.807) is 12.1 Å². The van der Waals surface area contributed by atoms with Gasteiger partial charge in [-0.15, -0.1) is 0 Å². The van der Waals surface area contributed by atoms with Gasteiger partial charge in [0.25, 0.3) is 0 Å². The molecule has 126 valence electrons. The number of rotatable bonds is 3. The molecule has 2 N–H and O–H groups in total. The third kappa shape index (κ3) is 2.69. The fourth-order valence-electron chi connectivity index (χ4n) is 3.81. The largest absolute Gasteiger partial charge is 0.369 e. The molecule has 2 aliphatic rings. The van der Waals surface area contributed by atoms with E-state index in [1.807, 2.05) is 0 Å². The van der Waals surface area contributed by atoms with Crippen LogP contribution < -0.4 is 10.6 Å². The third-order valence-electron chi connectivity index (χ3n) is 4.95. The van der Waals surface area contributed by atoms with Crippen molar-refractivity contribution in [2.24, 2.45) is 5.73 Å². The molecule has 2 fully saturated rings. The fourth-order valence-corrected chi connectivity index (χ4v) is 3.81. The first-order valence-corrected chi connectivity index (χ1v) is 8.34. The summed E-state index contributed by atoms with van der Waals surface area (Å²) in [5, 5.41) is 0.291. The maximum Gasteiger partial charge on any atom is 0.226 e. The molecule has 1 atom stereocenters. The van der Waals surface area contributed by atoms with Gasteiger partial charge in [-0.1, -0.05) is 6.07 Å². The van der Waals surface area contributed by atoms with Crippen molar-refractivity contribution in [3.05, 3.63) is 29.7 Å². The number of carbonyl (C=O) groups excluding carboxylic acids is 1. The molecule has 0 aliphatic carbocycles. The van der Waals surface area contributed by atoms with Crippen molar-refractivity contribution < 1.29 is 9.18 Å². The number of nitrogens with two attached hydrogens (primary N) is 1. The summed E-state index contributed by atoms with van der Waals surface area (Å²) in [4.78, 5) is 25.1. The minimum absolute atomic E-state index is 0.0870. The van der Waals surface area contributed by atoms with E-state index in [2.05, 4.69) is 19.8 Å². The van der Waals surface area contributed by atoms with Crippen molar-refractivity contribution in [3.63, 3.8) is 0 Å². The molecule has 2 aliphatic heterocycles. The molecule has 3 heterocycles. The first kappa shape index (κ1) is 15.3. The van der Waals surface area contributed by atoms with Gasteiger partial charge in [-0.2, -0.15) is 0 Å². The smallest absolute Gasteiger partial charge is 0.226 e. The molecule has 1 aromatic carbocycles. The zero-order chi connectivity index (χ0) is 16.7. The lowest BCUT2D eigenvalue weighted by Gasteiger charge is -2.37. The lowest BCUT2D eigenvalue weighted by atomic mass is 10.1. The number of amides is 1. The van der Waals surface area contributed by atoms with E-state index in [0.717, 1.165) is 26.2 Å². The summed E-state index contributed by atoms with van der Waals surface area (Å²) in [6.45, 7) is 3.86. The number of halogens is 1. The standard InChI is InChI=1S/C17H20FN5O/c18-12-4-1-5-13-16(12)14(9-15(19)24)21-17(20-13)23-8-7-22-6-2-3-11(22)10-23/h1,4-5,11H,2-3,6-10H2,(H2,19,24). The Hall–Kier alpha value is -2.28. The predicted molar refractivity (Wildman–Crippen MR) is 89.2 cm³/mol. The van der Waals surface area contributed by atoms with E-state index < -0.39 is 11.7 Å². The Balaban J connectivity index is 1.74. The topological polar surface area (TPSA) is 75.4 Å². The molecule has 0 saturated carbocycles. The summed E-state index contributed by atoms with van der Waals surface area (Å²) in [6, 6.07) is 5.26. The lowest BCUT2D eigenvalue weighted by molar-refractivity contribution is -0.117. The second-order valence-corrected chi connectivity index (χ2v) is 6.53. The molecule has 24 heavy (non-hydrogen) atoms. The molecule has 0 spiro atoms. The van der Waals surface area contributed by atoms with Crippen molar-refractivity contribution in [2.75, 3.05) is 31.1 Å². The van der Waals surface area contributed by atoms with Gasteiger partial charge in [-0.05, 0) is 31.5 Å². The van der Waals surface area contributed by atoms with Crippen LogP contribution in [0.2, 0.25) is 0 Å². The quantitative estimate of drug-likeness (QED) is 0.912. The zero-order valence-corrected chi connectivity index (χ0v) is 13.4. The van der Waals surface area contributed by atoms with Crippen molar-refractivity contribution in [1.29, 1.82) is 0 Å². The van der Waals surface area contributed by atoms with Crippen molar-refractivity contribution in [3.8, 4) is 0 Å². The first-order chi connectivity index (χ1) is 11.6. The first-order valence-electron chi connectivity index (χ1n) is 8.34. The highest BCUT2D eigenvalue weighted by Crippen LogP contribution is 2.27. The Morgan fingerprint density at radius 1 is 1.29 bits per heavy atom. The Kier molecular flexibility index (Phi) is 3.80. The van der Waals surface area contributed by atoms with Gasteiger partial charge in [0.2, 0.25) is 11.9 Å². The van der Waals surface area contributed by atoms with Gasteiger partial charge in [0.05, 0.1) is 23.0 Å². The number of fused-ring (bicyclic) bond motifs is 2. The van der Waals surface area contributed by atoms with Gasteiger partial charge >= 0.3 is 0 Å². The van der Waals surface area contributed by atoms with Crippen molar-refractivity contribution >= 4 is 22.8 Å². The van der Waals surface area contributed by atoms with Crippen LogP contribution >= 0.6 is 0 Å². The molecule has 1 unspecified atom stereocenters. The average Bonchev–Trinajstić information content (AvgIpc) is 3.01. The minimum atomic E-state index is -0.523. The molecule has 4 rings (SSSR count). The molecule has 0 bridgehead atoms. The summed E-state index contributed by atoms with van der Waals surface area (Å²) in [5.41, 5.74) is 6.21. The molecular weight excluding hydrogens is 309 g/mol. The number of hydrogen-bond acceptors (Lipinski definition) is 5. The summed E-state index contributed by atoms with van der Waals surface area (Å²) < 4.78 is 14.2. The number of piperazine rings is 1. The van der Waals surface area contributed by atoms with Crippen LogP contribution in [0.1, 0.15) is 18.5 Å². The average molecular weight is 329 g/mol. The highest BCUT2D eigenvalue weighted by molar-refractivity contribution is 5.87. The summed E-state index contributed by atoms with van der Waals surface area (Å²) in [6.07, 6.45) is 2.33. The lowest BCUT2D eigenvalue weighted by Crippen LogP contribution is -2.50. The number of primary amides is 1. The second kappa shape index (κ2) is 5.98. The molecule has 2 aromatic rings. The minimum Gasteiger partial charge on any atom is -0.369 e. The van der Waals surface area contributed by atoms with Gasteiger partial charge in [0.15, 0.2) is 0 Å². The molecular formula is C17H20FN5O. The van der Waals surface area contributed by atoms with Crippen molar-refractivity contribution in [2.45, 2.75) is 25.3 Å². The third-order valence-corrected chi connectivity index (χ3v) is 4.95. The monoisotopic (exact) mass is 329 g/mol. The number of aromatic nitrogens is 2. The van der Waals surface area contributed by atoms with Gasteiger partial charge < -0.3 is 10.6 Å². The SMILES string of the molecule is NC(=O)Cc1nc(N2CCN3CCCC3C2)nc2cccc(F)c12. The number of nitrogens with zero attached hydrogens (tertiary/aromatic N) is 4. The van der Waals surface area contributed by atoms with Gasteiger partial charge in [-0.3, -0.25) is 9.69 Å². The van der Waals surface area contributed by atoms with E-state index in [-0.39, 0.29) is 6.42 Å². The molecule has 2 saturated heterocycles. The zero-order valence-electron chi connectivity index (χ0n) is 13.4. The maximum atomic E-state index is 14.2. The molecule has 1 aromatic heterocycles. The number of carbonyl (C=O) groups is 1. The van der Waals surface area contributed by atoms with E-state index in [0.29, 0.717) is 28.6 Å². The van der Waals surface area contributed by atoms with E-state index in [9.17, 15) is 9.18 Å². The van der Waals surface area contributed by atoms with Crippen molar-refractivity contribution in [1.82, 2.24) is 14.9 Å².